The Balaban J connectivity index is 2.06. The highest BCUT2D eigenvalue weighted by molar-refractivity contribution is 7.86. The Morgan fingerprint density at radius 1 is 1.27 bits per heavy atom. The molecule has 122 valence electrons. The zero-order valence-electron chi connectivity index (χ0n) is 12.7. The van der Waals surface area contributed by atoms with Gasteiger partial charge in [-0.2, -0.15) is 17.0 Å². The van der Waals surface area contributed by atoms with Crippen molar-refractivity contribution in [1.29, 1.82) is 0 Å². The van der Waals surface area contributed by atoms with Gasteiger partial charge in [-0.05, 0) is 18.4 Å². The molecule has 2 rings (SSSR count). The number of hydrogen-bond acceptors (Lipinski definition) is 3. The maximum Gasteiger partial charge on any atom is 0.306 e. The van der Waals surface area contributed by atoms with Crippen molar-refractivity contribution in [2.45, 2.75) is 26.3 Å². The van der Waals surface area contributed by atoms with Crippen LogP contribution in [0.4, 0.5) is 0 Å². The van der Waals surface area contributed by atoms with Crippen LogP contribution in [0.3, 0.4) is 0 Å². The smallest absolute Gasteiger partial charge is 0.306 e. The zero-order chi connectivity index (χ0) is 16.2. The fourth-order valence-electron chi connectivity index (χ4n) is 2.64. The molecule has 1 aromatic rings. The van der Waals surface area contributed by atoms with E-state index in [-0.39, 0.29) is 13.1 Å². The lowest BCUT2D eigenvalue weighted by Crippen LogP contribution is -2.47. The first-order chi connectivity index (χ1) is 10.4. The lowest BCUT2D eigenvalue weighted by Gasteiger charge is -2.33. The first kappa shape index (κ1) is 16.9. The van der Waals surface area contributed by atoms with Crippen LogP contribution in [-0.4, -0.2) is 47.7 Å². The second-order valence-electron chi connectivity index (χ2n) is 5.43. The van der Waals surface area contributed by atoms with Crippen molar-refractivity contribution in [3.63, 3.8) is 0 Å². The molecule has 0 aromatic heterocycles. The van der Waals surface area contributed by atoms with E-state index in [1.807, 2.05) is 37.3 Å². The molecule has 1 aromatic carbocycles. The molecule has 0 radical (unpaired) electrons. The number of nitrogens with zero attached hydrogens (tertiary/aromatic N) is 2. The van der Waals surface area contributed by atoms with Crippen LogP contribution in [-0.2, 0) is 21.5 Å². The maximum absolute atomic E-state index is 12.7. The summed E-state index contributed by atoms with van der Waals surface area (Å²) in [5, 5.41) is 9.00. The summed E-state index contributed by atoms with van der Waals surface area (Å²) in [4.78, 5) is 11.0. The summed E-state index contributed by atoms with van der Waals surface area (Å²) in [7, 11) is -3.55. The lowest BCUT2D eigenvalue weighted by atomic mass is 9.99. The normalized spacial score (nSPS) is 17.7. The summed E-state index contributed by atoms with van der Waals surface area (Å²) < 4.78 is 28.2. The number of rotatable bonds is 6. The number of piperidine rings is 1. The predicted octanol–water partition coefficient (Wildman–Crippen LogP) is 1.55. The van der Waals surface area contributed by atoms with Gasteiger partial charge in [-0.3, -0.25) is 4.79 Å². The van der Waals surface area contributed by atoms with Gasteiger partial charge in [0.25, 0.3) is 10.2 Å². The standard InChI is InChI=1S/C15H22N2O4S/c1-2-16(12-13-6-4-3-5-7-13)22(20,21)17-10-8-14(9-11-17)15(18)19/h3-7,14H,2,8-12H2,1H3,(H,18,19). The van der Waals surface area contributed by atoms with Crippen molar-refractivity contribution >= 4 is 16.2 Å². The number of carboxylic acids is 1. The van der Waals surface area contributed by atoms with Crippen molar-refractivity contribution in [3.05, 3.63) is 35.9 Å². The summed E-state index contributed by atoms with van der Waals surface area (Å²) in [6, 6.07) is 9.46. The molecule has 6 nitrogen and oxygen atoms in total. The predicted molar refractivity (Wildman–Crippen MR) is 83.4 cm³/mol. The maximum atomic E-state index is 12.7. The first-order valence-corrected chi connectivity index (χ1v) is 8.86. The van der Waals surface area contributed by atoms with Crippen molar-refractivity contribution in [2.75, 3.05) is 19.6 Å². The highest BCUT2D eigenvalue weighted by atomic mass is 32.2. The Kier molecular flexibility index (Phi) is 5.55. The van der Waals surface area contributed by atoms with Crippen molar-refractivity contribution in [2.24, 2.45) is 5.92 Å². The molecular weight excluding hydrogens is 304 g/mol. The highest BCUT2D eigenvalue weighted by Crippen LogP contribution is 2.22. The fraction of sp³-hybridized carbons (Fsp3) is 0.533. The van der Waals surface area contributed by atoms with Gasteiger partial charge < -0.3 is 5.11 Å². The van der Waals surface area contributed by atoms with Crippen molar-refractivity contribution in [3.8, 4) is 0 Å². The van der Waals surface area contributed by atoms with E-state index in [4.69, 9.17) is 5.11 Å². The number of hydrogen-bond donors (Lipinski definition) is 1. The largest absolute Gasteiger partial charge is 0.481 e. The minimum Gasteiger partial charge on any atom is -0.481 e. The minimum atomic E-state index is -3.55. The van der Waals surface area contributed by atoms with Gasteiger partial charge in [0.1, 0.15) is 0 Å². The number of benzene rings is 1. The van der Waals surface area contributed by atoms with Crippen LogP contribution in [0, 0.1) is 5.92 Å². The van der Waals surface area contributed by atoms with E-state index in [2.05, 4.69) is 0 Å². The van der Waals surface area contributed by atoms with Crippen LogP contribution in [0.25, 0.3) is 0 Å². The minimum absolute atomic E-state index is 0.268. The quantitative estimate of drug-likeness (QED) is 0.860. The number of carboxylic acid groups (broad SMARTS) is 1. The number of aliphatic carboxylic acids is 1. The number of carbonyl (C=O) groups is 1. The molecule has 1 aliphatic rings. The lowest BCUT2D eigenvalue weighted by molar-refractivity contribution is -0.142. The van der Waals surface area contributed by atoms with E-state index in [0.717, 1.165) is 5.56 Å². The molecule has 0 atom stereocenters. The fourth-order valence-corrected chi connectivity index (χ4v) is 4.28. The molecule has 0 amide bonds. The van der Waals surface area contributed by atoms with Crippen LogP contribution in [0.15, 0.2) is 30.3 Å². The van der Waals surface area contributed by atoms with Gasteiger partial charge in [0.05, 0.1) is 5.92 Å². The molecule has 0 bridgehead atoms. The summed E-state index contributed by atoms with van der Waals surface area (Å²) in [5.41, 5.74) is 0.938. The van der Waals surface area contributed by atoms with Gasteiger partial charge in [-0.15, -0.1) is 0 Å². The van der Waals surface area contributed by atoms with Gasteiger partial charge in [-0.25, -0.2) is 0 Å². The van der Waals surface area contributed by atoms with Crippen molar-refractivity contribution in [1.82, 2.24) is 8.61 Å². The van der Waals surface area contributed by atoms with Crippen molar-refractivity contribution < 1.29 is 18.3 Å². The van der Waals surface area contributed by atoms with Crippen LogP contribution in [0.2, 0.25) is 0 Å². The Morgan fingerprint density at radius 2 is 1.86 bits per heavy atom. The van der Waals surface area contributed by atoms with Gasteiger partial charge in [0.2, 0.25) is 0 Å². The molecular formula is C15H22N2O4S. The molecule has 22 heavy (non-hydrogen) atoms. The third-order valence-electron chi connectivity index (χ3n) is 4.01. The summed E-state index contributed by atoms with van der Waals surface area (Å²) in [6.45, 7) is 3.06. The van der Waals surface area contributed by atoms with Gasteiger partial charge in [-0.1, -0.05) is 37.3 Å². The summed E-state index contributed by atoms with van der Waals surface area (Å²) in [5.74, 6) is -1.27. The van der Waals surface area contributed by atoms with E-state index >= 15 is 0 Å². The first-order valence-electron chi connectivity index (χ1n) is 7.47. The average molecular weight is 326 g/mol. The summed E-state index contributed by atoms with van der Waals surface area (Å²) >= 11 is 0. The van der Waals surface area contributed by atoms with Crippen LogP contribution < -0.4 is 0 Å². The molecule has 7 heteroatoms. The Hall–Kier alpha value is -1.44. The zero-order valence-corrected chi connectivity index (χ0v) is 13.5. The highest BCUT2D eigenvalue weighted by Gasteiger charge is 2.34. The molecule has 0 spiro atoms. The second kappa shape index (κ2) is 7.21. The Labute approximate surface area is 131 Å². The van der Waals surface area contributed by atoms with E-state index in [1.165, 1.54) is 8.61 Å². The van der Waals surface area contributed by atoms with Gasteiger partial charge in [0, 0.05) is 26.2 Å². The molecule has 0 aliphatic carbocycles. The van der Waals surface area contributed by atoms with Crippen LogP contribution in [0.5, 0.6) is 0 Å². The van der Waals surface area contributed by atoms with E-state index in [0.29, 0.717) is 25.9 Å². The Bertz CT molecular complexity index is 595. The Morgan fingerprint density at radius 3 is 2.36 bits per heavy atom. The van der Waals surface area contributed by atoms with Crippen LogP contribution in [0.1, 0.15) is 25.3 Å². The monoisotopic (exact) mass is 326 g/mol. The molecule has 0 unspecified atom stereocenters. The topological polar surface area (TPSA) is 77.9 Å². The van der Waals surface area contributed by atoms with Gasteiger partial charge in [0.15, 0.2) is 0 Å². The molecule has 1 saturated heterocycles. The molecule has 1 heterocycles. The van der Waals surface area contributed by atoms with E-state index in [1.54, 1.807) is 0 Å². The van der Waals surface area contributed by atoms with Crippen LogP contribution >= 0.6 is 0 Å². The van der Waals surface area contributed by atoms with E-state index in [9.17, 15) is 13.2 Å². The summed E-state index contributed by atoms with van der Waals surface area (Å²) in [6.07, 6.45) is 0.745. The molecule has 1 N–H and O–H groups in total. The third kappa shape index (κ3) is 3.85. The molecule has 1 aliphatic heterocycles. The van der Waals surface area contributed by atoms with E-state index < -0.39 is 22.1 Å². The average Bonchev–Trinajstić information content (AvgIpc) is 2.53. The molecule has 0 saturated carbocycles. The SMILES string of the molecule is CCN(Cc1ccccc1)S(=O)(=O)N1CCC(C(=O)O)CC1. The molecule has 1 fully saturated rings. The second-order valence-corrected chi connectivity index (χ2v) is 7.36. The van der Waals surface area contributed by atoms with Gasteiger partial charge >= 0.3 is 5.97 Å². The third-order valence-corrected chi connectivity index (χ3v) is 6.07.